The van der Waals surface area contributed by atoms with E-state index in [1.807, 2.05) is 50.2 Å². The van der Waals surface area contributed by atoms with Crippen molar-refractivity contribution in [3.63, 3.8) is 0 Å². The molecule has 0 radical (unpaired) electrons. The van der Waals surface area contributed by atoms with Gasteiger partial charge in [0.05, 0.1) is 15.7 Å². The van der Waals surface area contributed by atoms with Gasteiger partial charge in [0.1, 0.15) is 5.75 Å². The van der Waals surface area contributed by atoms with E-state index in [9.17, 15) is 9.59 Å². The van der Waals surface area contributed by atoms with Gasteiger partial charge in [0.15, 0.2) is 0 Å². The number of aromatic nitrogens is 2. The Morgan fingerprint density at radius 1 is 1.13 bits per heavy atom. The maximum absolute atomic E-state index is 12.4. The summed E-state index contributed by atoms with van der Waals surface area (Å²) < 4.78 is 6.53. The first-order valence-electron chi connectivity index (χ1n) is 8.94. The van der Waals surface area contributed by atoms with Crippen molar-refractivity contribution in [2.24, 2.45) is 5.73 Å². The lowest BCUT2D eigenvalue weighted by atomic mass is 9.97. The van der Waals surface area contributed by atoms with Crippen molar-refractivity contribution in [3.8, 4) is 22.9 Å². The fraction of sp³-hybridized carbons (Fsp3) is 0.143. The van der Waals surface area contributed by atoms with Crippen molar-refractivity contribution < 1.29 is 14.3 Å². The highest BCUT2D eigenvalue weighted by Gasteiger charge is 2.19. The first kappa shape index (κ1) is 21.3. The van der Waals surface area contributed by atoms with Gasteiger partial charge in [0.25, 0.3) is 5.91 Å². The van der Waals surface area contributed by atoms with Gasteiger partial charge in [-0.25, -0.2) is 14.8 Å². The van der Waals surface area contributed by atoms with E-state index in [4.69, 9.17) is 10.5 Å². The molecule has 3 N–H and O–H groups in total. The number of aryl methyl sites for hydroxylation is 1. The number of nitrogens with zero attached hydrogens (tertiary/aromatic N) is 3. The van der Waals surface area contributed by atoms with Gasteiger partial charge in [-0.1, -0.05) is 18.2 Å². The maximum atomic E-state index is 12.4. The molecule has 0 unspecified atom stereocenters. The number of para-hydroxylation sites is 1. The van der Waals surface area contributed by atoms with Crippen molar-refractivity contribution in [3.05, 3.63) is 64.4 Å². The highest BCUT2D eigenvalue weighted by molar-refractivity contribution is 9.10. The molecular weight excluding hydrogens is 450 g/mol. The van der Waals surface area contributed by atoms with Crippen LogP contribution in [0.4, 0.5) is 10.5 Å². The number of benzene rings is 2. The molecule has 3 rings (SSSR count). The van der Waals surface area contributed by atoms with Gasteiger partial charge < -0.3 is 15.4 Å². The minimum absolute atomic E-state index is 0.244. The molecule has 2 aromatic carbocycles. The molecule has 3 aromatic rings. The number of anilines is 1. The number of hydrogen-bond acceptors (Lipinski definition) is 6. The van der Waals surface area contributed by atoms with Crippen LogP contribution in [0, 0.1) is 6.92 Å². The number of urea groups is 1. The second-order valence-corrected chi connectivity index (χ2v) is 7.60. The number of primary amides is 1. The highest BCUT2D eigenvalue weighted by Crippen LogP contribution is 2.35. The van der Waals surface area contributed by atoms with Gasteiger partial charge in [-0.3, -0.25) is 10.1 Å². The van der Waals surface area contributed by atoms with E-state index in [1.54, 1.807) is 24.5 Å². The molecule has 9 heteroatoms. The molecule has 0 bridgehead atoms. The van der Waals surface area contributed by atoms with Gasteiger partial charge in [-0.2, -0.15) is 0 Å². The predicted molar refractivity (Wildman–Crippen MR) is 118 cm³/mol. The standard InChI is InChI=1S/C21H20BrN5O3/c1-12-9-13(7-8-17(12)30-21-24-10-14(22)11-25-21)15-5-4-6-16(18(15)27(2)3)19(28)26-20(23)29/h4-11H,1-3H3,(H3,23,26,28,29). The first-order chi connectivity index (χ1) is 14.3. The van der Waals surface area contributed by atoms with Gasteiger partial charge in [0.2, 0.25) is 0 Å². The molecule has 0 saturated heterocycles. The second-order valence-electron chi connectivity index (χ2n) is 6.68. The molecule has 1 aromatic heterocycles. The number of hydrogen-bond donors (Lipinski definition) is 2. The molecule has 0 aliphatic rings. The van der Waals surface area contributed by atoms with E-state index >= 15 is 0 Å². The average molecular weight is 470 g/mol. The zero-order valence-electron chi connectivity index (χ0n) is 16.6. The number of ether oxygens (including phenoxy) is 1. The summed E-state index contributed by atoms with van der Waals surface area (Å²) in [5.41, 5.74) is 8.70. The lowest BCUT2D eigenvalue weighted by molar-refractivity contribution is 0.0967. The molecule has 1 heterocycles. The Morgan fingerprint density at radius 3 is 2.43 bits per heavy atom. The van der Waals surface area contributed by atoms with E-state index in [2.05, 4.69) is 31.2 Å². The summed E-state index contributed by atoms with van der Waals surface area (Å²) in [6.45, 7) is 1.91. The third kappa shape index (κ3) is 4.74. The molecule has 0 atom stereocenters. The smallest absolute Gasteiger partial charge is 0.321 e. The lowest BCUT2D eigenvalue weighted by Gasteiger charge is -2.21. The monoisotopic (exact) mass is 469 g/mol. The quantitative estimate of drug-likeness (QED) is 0.586. The van der Waals surface area contributed by atoms with Crippen LogP contribution in [0.15, 0.2) is 53.3 Å². The Balaban J connectivity index is 1.99. The first-order valence-corrected chi connectivity index (χ1v) is 9.73. The van der Waals surface area contributed by atoms with Crippen molar-refractivity contribution in [2.75, 3.05) is 19.0 Å². The molecule has 8 nitrogen and oxygen atoms in total. The Bertz CT molecular complexity index is 1100. The minimum atomic E-state index is -0.900. The Hall–Kier alpha value is -3.46. The number of halogens is 1. The number of nitrogens with two attached hydrogens (primary N) is 1. The van der Waals surface area contributed by atoms with E-state index in [0.717, 1.165) is 21.2 Å². The number of carbonyl (C=O) groups is 2. The second kappa shape index (κ2) is 8.91. The molecule has 0 aliphatic carbocycles. The third-order valence-corrected chi connectivity index (χ3v) is 4.66. The van der Waals surface area contributed by atoms with Crippen LogP contribution in [0.1, 0.15) is 15.9 Å². The topological polar surface area (TPSA) is 110 Å². The van der Waals surface area contributed by atoms with Crippen molar-refractivity contribution >= 4 is 33.6 Å². The van der Waals surface area contributed by atoms with Gasteiger partial charge in [-0.15, -0.1) is 0 Å². The van der Waals surface area contributed by atoms with Crippen LogP contribution in [0.25, 0.3) is 11.1 Å². The van der Waals surface area contributed by atoms with Gasteiger partial charge in [0, 0.05) is 32.1 Å². The summed E-state index contributed by atoms with van der Waals surface area (Å²) in [6.07, 6.45) is 3.22. The van der Waals surface area contributed by atoms with E-state index in [0.29, 0.717) is 17.0 Å². The van der Waals surface area contributed by atoms with Crippen LogP contribution < -0.4 is 20.7 Å². The molecule has 0 aliphatic heterocycles. The van der Waals surface area contributed by atoms with Gasteiger partial charge in [-0.05, 0) is 52.2 Å². The number of rotatable bonds is 5. The number of nitrogens with one attached hydrogen (secondary N) is 1. The van der Waals surface area contributed by atoms with E-state index in [1.165, 1.54) is 0 Å². The Morgan fingerprint density at radius 2 is 1.83 bits per heavy atom. The summed E-state index contributed by atoms with van der Waals surface area (Å²) in [7, 11) is 3.66. The van der Waals surface area contributed by atoms with Crippen LogP contribution in [-0.2, 0) is 0 Å². The lowest BCUT2D eigenvalue weighted by Crippen LogP contribution is -2.35. The normalized spacial score (nSPS) is 10.4. The van der Waals surface area contributed by atoms with Gasteiger partial charge >= 0.3 is 12.0 Å². The molecule has 30 heavy (non-hydrogen) atoms. The summed E-state index contributed by atoms with van der Waals surface area (Å²) >= 11 is 3.29. The molecule has 154 valence electrons. The summed E-state index contributed by atoms with van der Waals surface area (Å²) in [5, 5.41) is 2.12. The Kier molecular flexibility index (Phi) is 6.31. The predicted octanol–water partition coefficient (Wildman–Crippen LogP) is 3.88. The number of imide groups is 1. The SMILES string of the molecule is Cc1cc(-c2cccc(C(=O)NC(N)=O)c2N(C)C)ccc1Oc1ncc(Br)cn1. The Labute approximate surface area is 182 Å². The number of carbonyl (C=O) groups excluding carboxylic acids is 2. The summed E-state index contributed by atoms with van der Waals surface area (Å²) in [5.74, 6) is 0.0622. The molecule has 3 amide bonds. The molecule has 0 saturated carbocycles. The molecule has 0 spiro atoms. The van der Waals surface area contributed by atoms with Crippen LogP contribution in [-0.4, -0.2) is 36.0 Å². The van der Waals surface area contributed by atoms with Crippen LogP contribution in [0.5, 0.6) is 11.8 Å². The van der Waals surface area contributed by atoms with E-state index in [-0.39, 0.29) is 6.01 Å². The van der Waals surface area contributed by atoms with Crippen molar-refractivity contribution in [1.29, 1.82) is 0 Å². The highest BCUT2D eigenvalue weighted by atomic mass is 79.9. The average Bonchev–Trinajstić information content (AvgIpc) is 2.70. The summed E-state index contributed by atoms with van der Waals surface area (Å²) in [6, 6.07) is 10.3. The third-order valence-electron chi connectivity index (χ3n) is 4.25. The van der Waals surface area contributed by atoms with E-state index < -0.39 is 11.9 Å². The zero-order valence-corrected chi connectivity index (χ0v) is 18.2. The van der Waals surface area contributed by atoms with Crippen molar-refractivity contribution in [2.45, 2.75) is 6.92 Å². The van der Waals surface area contributed by atoms with Crippen LogP contribution >= 0.6 is 15.9 Å². The van der Waals surface area contributed by atoms with Crippen LogP contribution in [0.3, 0.4) is 0 Å². The molecular formula is C21H20BrN5O3. The van der Waals surface area contributed by atoms with Crippen LogP contribution in [0.2, 0.25) is 0 Å². The number of amides is 3. The molecule has 0 fully saturated rings. The fourth-order valence-electron chi connectivity index (χ4n) is 3.00. The maximum Gasteiger partial charge on any atom is 0.321 e. The largest absolute Gasteiger partial charge is 0.424 e. The zero-order chi connectivity index (χ0) is 21.8. The fourth-order valence-corrected chi connectivity index (χ4v) is 3.21. The minimum Gasteiger partial charge on any atom is -0.424 e. The van der Waals surface area contributed by atoms with Crippen molar-refractivity contribution in [1.82, 2.24) is 15.3 Å². The summed E-state index contributed by atoms with van der Waals surface area (Å²) in [4.78, 5) is 33.6.